The molecule has 24 heavy (non-hydrogen) atoms. The van der Waals surface area contributed by atoms with Crippen molar-refractivity contribution in [3.05, 3.63) is 0 Å². The third-order valence-electron chi connectivity index (χ3n) is 3.66. The van der Waals surface area contributed by atoms with Gasteiger partial charge in [-0.3, -0.25) is 9.05 Å². The van der Waals surface area contributed by atoms with E-state index in [2.05, 4.69) is 0 Å². The Balaban J connectivity index is 3.38. The number of phosphoric acid groups is 1. The van der Waals surface area contributed by atoms with E-state index in [1.165, 1.54) is 25.7 Å². The fourth-order valence-corrected chi connectivity index (χ4v) is 2.91. The van der Waals surface area contributed by atoms with Crippen molar-refractivity contribution < 1.29 is 27.7 Å². The number of quaternary nitrogens is 1. The fourth-order valence-electron chi connectivity index (χ4n) is 2.16. The smallest absolute Gasteiger partial charge is 0.382 e. The molecule has 0 aromatic heterocycles. The Kier molecular flexibility index (Phi) is 14.2. The molecule has 0 bridgehead atoms. The summed E-state index contributed by atoms with van der Waals surface area (Å²) >= 11 is 0. The van der Waals surface area contributed by atoms with Gasteiger partial charge in [0.15, 0.2) is 0 Å². The second kappa shape index (κ2) is 14.2. The molecule has 0 aromatic carbocycles. The second-order valence-corrected chi connectivity index (χ2v) is 8.63. The second-order valence-electron chi connectivity index (χ2n) is 7.17. The lowest BCUT2D eigenvalue weighted by atomic mass is 10.1. The van der Waals surface area contributed by atoms with Crippen molar-refractivity contribution in [2.24, 2.45) is 0 Å². The first kappa shape index (κ1) is 24.0. The van der Waals surface area contributed by atoms with Crippen molar-refractivity contribution in [1.29, 1.82) is 0 Å². The third-order valence-corrected chi connectivity index (χ3v) is 4.68. The molecular weight excluding hydrogens is 329 g/mol. The molecule has 0 aliphatic rings. The molecular formula is C17H39NO5P+. The van der Waals surface area contributed by atoms with E-state index in [9.17, 15) is 9.46 Å². The van der Waals surface area contributed by atoms with Gasteiger partial charge in [0.1, 0.15) is 13.2 Å². The largest absolute Gasteiger partial charge is 0.472 e. The Hall–Kier alpha value is 0.0300. The summed E-state index contributed by atoms with van der Waals surface area (Å²) in [4.78, 5) is 9.57. The molecule has 0 saturated carbocycles. The van der Waals surface area contributed by atoms with Crippen molar-refractivity contribution >= 4 is 7.82 Å². The molecule has 0 saturated heterocycles. The average Bonchev–Trinajstić information content (AvgIpc) is 2.46. The van der Waals surface area contributed by atoms with Crippen LogP contribution >= 0.6 is 7.82 Å². The predicted molar refractivity (Wildman–Crippen MR) is 98.1 cm³/mol. The molecule has 1 N–H and O–H groups in total. The molecule has 0 aliphatic heterocycles. The van der Waals surface area contributed by atoms with Gasteiger partial charge in [0.05, 0.1) is 27.7 Å². The van der Waals surface area contributed by atoms with Crippen LogP contribution < -0.4 is 0 Å². The zero-order chi connectivity index (χ0) is 18.3. The van der Waals surface area contributed by atoms with Gasteiger partial charge in [-0.05, 0) is 19.8 Å². The van der Waals surface area contributed by atoms with Gasteiger partial charge in [-0.15, -0.1) is 0 Å². The first-order chi connectivity index (χ1) is 11.3. The van der Waals surface area contributed by atoms with E-state index < -0.39 is 7.82 Å². The predicted octanol–water partition coefficient (Wildman–Crippen LogP) is 3.98. The Morgan fingerprint density at radius 1 is 0.792 bits per heavy atom. The summed E-state index contributed by atoms with van der Waals surface area (Å²) in [5, 5.41) is 0. The maximum absolute atomic E-state index is 11.7. The number of nitrogens with zero attached hydrogens (tertiary/aromatic N) is 1. The van der Waals surface area contributed by atoms with E-state index in [0.29, 0.717) is 11.0 Å². The van der Waals surface area contributed by atoms with Gasteiger partial charge in [-0.2, -0.15) is 0 Å². The quantitative estimate of drug-likeness (QED) is 0.239. The minimum absolute atomic E-state index is 0.223. The lowest BCUT2D eigenvalue weighted by Gasteiger charge is -2.24. The van der Waals surface area contributed by atoms with Crippen molar-refractivity contribution in [2.75, 3.05) is 54.1 Å². The van der Waals surface area contributed by atoms with Crippen LogP contribution in [0.3, 0.4) is 0 Å². The van der Waals surface area contributed by atoms with Gasteiger partial charge in [0, 0.05) is 13.2 Å². The van der Waals surface area contributed by atoms with E-state index in [0.717, 1.165) is 38.9 Å². The van der Waals surface area contributed by atoms with E-state index >= 15 is 0 Å². The molecule has 146 valence electrons. The number of likely N-dealkylation sites (N-methyl/N-ethyl adjacent to an activating group) is 1. The zero-order valence-corrected chi connectivity index (χ0v) is 17.1. The van der Waals surface area contributed by atoms with Crippen LogP contribution in [0, 0.1) is 0 Å². The lowest BCUT2D eigenvalue weighted by Crippen LogP contribution is -2.37. The molecule has 0 rings (SSSR count). The summed E-state index contributed by atoms with van der Waals surface area (Å²) in [6.45, 7) is 4.89. The Labute approximate surface area is 148 Å². The van der Waals surface area contributed by atoms with Crippen molar-refractivity contribution in [1.82, 2.24) is 0 Å². The molecule has 0 aliphatic carbocycles. The van der Waals surface area contributed by atoms with Crippen LogP contribution in [0.1, 0.15) is 58.3 Å². The highest BCUT2D eigenvalue weighted by atomic mass is 31.2. The Morgan fingerprint density at radius 3 is 1.75 bits per heavy atom. The summed E-state index contributed by atoms with van der Waals surface area (Å²) < 4.78 is 27.6. The van der Waals surface area contributed by atoms with Crippen LogP contribution in [-0.2, 0) is 18.3 Å². The maximum Gasteiger partial charge on any atom is 0.472 e. The maximum atomic E-state index is 11.7. The molecule has 0 fully saturated rings. The molecule has 1 atom stereocenters. The Morgan fingerprint density at radius 2 is 1.25 bits per heavy atom. The minimum atomic E-state index is -3.88. The summed E-state index contributed by atoms with van der Waals surface area (Å²) in [5.74, 6) is 0. The monoisotopic (exact) mass is 368 g/mol. The van der Waals surface area contributed by atoms with Crippen molar-refractivity contribution in [3.8, 4) is 0 Å². The molecule has 7 heteroatoms. The van der Waals surface area contributed by atoms with Gasteiger partial charge in [0.25, 0.3) is 0 Å². The van der Waals surface area contributed by atoms with E-state index in [1.54, 1.807) is 0 Å². The van der Waals surface area contributed by atoms with E-state index in [1.807, 2.05) is 28.1 Å². The van der Waals surface area contributed by atoms with E-state index in [4.69, 9.17) is 13.8 Å². The summed E-state index contributed by atoms with van der Waals surface area (Å²) in [5.41, 5.74) is 0. The van der Waals surface area contributed by atoms with Gasteiger partial charge >= 0.3 is 7.82 Å². The number of rotatable bonds is 17. The van der Waals surface area contributed by atoms with Gasteiger partial charge in [-0.1, -0.05) is 38.5 Å². The third kappa shape index (κ3) is 18.4. The van der Waals surface area contributed by atoms with Crippen LogP contribution in [0.15, 0.2) is 0 Å². The topological polar surface area (TPSA) is 65.0 Å². The highest BCUT2D eigenvalue weighted by Gasteiger charge is 2.21. The molecule has 0 aromatic rings. The molecule has 1 unspecified atom stereocenters. The summed E-state index contributed by atoms with van der Waals surface area (Å²) in [6.07, 6.45) is 9.09. The minimum Gasteiger partial charge on any atom is -0.382 e. The van der Waals surface area contributed by atoms with Crippen LogP contribution in [0.2, 0.25) is 0 Å². The molecule has 0 heterocycles. The molecule has 6 nitrogen and oxygen atoms in total. The number of phosphoric ester groups is 1. The summed E-state index contributed by atoms with van der Waals surface area (Å²) in [6, 6.07) is 0. The van der Waals surface area contributed by atoms with E-state index in [-0.39, 0.29) is 13.2 Å². The van der Waals surface area contributed by atoms with Gasteiger partial charge < -0.3 is 14.1 Å². The highest BCUT2D eigenvalue weighted by molar-refractivity contribution is 7.47. The first-order valence-electron chi connectivity index (χ1n) is 9.27. The van der Waals surface area contributed by atoms with Crippen LogP contribution in [0.4, 0.5) is 0 Å². The SMILES string of the molecule is CCOCCCCCCCCCCOP(=O)(O)OCC[N+](C)(C)C. The van der Waals surface area contributed by atoms with Crippen LogP contribution in [0.25, 0.3) is 0 Å². The molecule has 0 radical (unpaired) electrons. The van der Waals surface area contributed by atoms with Gasteiger partial charge in [-0.25, -0.2) is 4.57 Å². The number of hydrogen-bond acceptors (Lipinski definition) is 4. The number of hydrogen-bond donors (Lipinski definition) is 1. The fraction of sp³-hybridized carbons (Fsp3) is 1.00. The van der Waals surface area contributed by atoms with Crippen LogP contribution in [-0.4, -0.2) is 63.5 Å². The Bertz CT molecular complexity index is 333. The normalized spacial score (nSPS) is 14.7. The average molecular weight is 368 g/mol. The van der Waals surface area contributed by atoms with Crippen LogP contribution in [0.5, 0.6) is 0 Å². The van der Waals surface area contributed by atoms with Gasteiger partial charge in [0.2, 0.25) is 0 Å². The molecule has 0 spiro atoms. The summed E-state index contributed by atoms with van der Waals surface area (Å²) in [7, 11) is 2.14. The number of ether oxygens (including phenoxy) is 1. The lowest BCUT2D eigenvalue weighted by molar-refractivity contribution is -0.870. The van der Waals surface area contributed by atoms with Crippen molar-refractivity contribution in [3.63, 3.8) is 0 Å². The first-order valence-corrected chi connectivity index (χ1v) is 10.8. The molecule has 0 amide bonds. The highest BCUT2D eigenvalue weighted by Crippen LogP contribution is 2.43. The van der Waals surface area contributed by atoms with Crippen molar-refractivity contribution in [2.45, 2.75) is 58.3 Å². The standard InChI is InChI=1S/C17H38NO5P/c1-5-21-15-12-10-8-6-7-9-11-13-16-22-24(19,20)23-17-14-18(2,3)4/h5-17H2,1-4H3/p+1. The number of unbranched alkanes of at least 4 members (excludes halogenated alkanes) is 7. The zero-order valence-electron chi connectivity index (χ0n) is 16.2.